The number of aliphatic imine (C=N–C) groups is 1. The van der Waals surface area contributed by atoms with Gasteiger partial charge < -0.3 is 4.90 Å². The van der Waals surface area contributed by atoms with Crippen molar-refractivity contribution in [1.29, 1.82) is 0 Å². The normalized spacial score (nSPS) is 15.6. The molecule has 72 valence electrons. The van der Waals surface area contributed by atoms with Crippen LogP contribution < -0.4 is 4.90 Å². The van der Waals surface area contributed by atoms with Gasteiger partial charge in [-0.15, -0.1) is 0 Å². The van der Waals surface area contributed by atoms with Crippen LogP contribution in [0.15, 0.2) is 41.7 Å². The Morgan fingerprint density at radius 1 is 1.29 bits per heavy atom. The lowest BCUT2D eigenvalue weighted by Crippen LogP contribution is -2.23. The van der Waals surface area contributed by atoms with Gasteiger partial charge in [0.15, 0.2) is 0 Å². The van der Waals surface area contributed by atoms with Gasteiger partial charge in [-0.3, -0.25) is 0 Å². The Morgan fingerprint density at radius 2 is 2.00 bits per heavy atom. The minimum absolute atomic E-state index is 0.241. The summed E-state index contributed by atoms with van der Waals surface area (Å²) in [5.41, 5.74) is 0.899. The molecule has 0 radical (unpaired) electrons. The molecule has 0 aromatic heterocycles. The molecular formula is C10H8ClFN2. The van der Waals surface area contributed by atoms with Crippen LogP contribution in [0.3, 0.4) is 0 Å². The Bertz CT molecular complexity index is 384. The average Bonchev–Trinajstić information content (AvgIpc) is 2.19. The quantitative estimate of drug-likeness (QED) is 0.696. The van der Waals surface area contributed by atoms with Gasteiger partial charge in [0.05, 0.1) is 6.54 Å². The molecule has 1 aromatic rings. The van der Waals surface area contributed by atoms with Crippen molar-refractivity contribution in [1.82, 2.24) is 0 Å². The third-order valence-corrected chi connectivity index (χ3v) is 2.14. The molecule has 0 saturated carbocycles. The van der Waals surface area contributed by atoms with Crippen molar-refractivity contribution in [2.75, 3.05) is 11.4 Å². The molecule has 1 aliphatic heterocycles. The highest BCUT2D eigenvalue weighted by Crippen LogP contribution is 2.17. The molecule has 14 heavy (non-hydrogen) atoms. The second-order valence-corrected chi connectivity index (χ2v) is 3.34. The number of halogens is 2. The summed E-state index contributed by atoms with van der Waals surface area (Å²) in [5, 5.41) is 0.525. The predicted octanol–water partition coefficient (Wildman–Crippen LogP) is 2.75. The van der Waals surface area contributed by atoms with Crippen molar-refractivity contribution in [3.8, 4) is 0 Å². The molecule has 0 unspecified atom stereocenters. The minimum atomic E-state index is -0.241. The smallest absolute Gasteiger partial charge is 0.125 e. The monoisotopic (exact) mass is 210 g/mol. The van der Waals surface area contributed by atoms with Crippen molar-refractivity contribution in [3.63, 3.8) is 0 Å². The van der Waals surface area contributed by atoms with E-state index >= 15 is 0 Å². The summed E-state index contributed by atoms with van der Waals surface area (Å²) in [4.78, 5) is 5.81. The van der Waals surface area contributed by atoms with Gasteiger partial charge in [0.25, 0.3) is 0 Å². The zero-order valence-corrected chi connectivity index (χ0v) is 8.08. The lowest BCUT2D eigenvalue weighted by Gasteiger charge is -2.21. The summed E-state index contributed by atoms with van der Waals surface area (Å²) in [6, 6.07) is 6.25. The van der Waals surface area contributed by atoms with E-state index in [1.165, 1.54) is 12.1 Å². The first-order valence-electron chi connectivity index (χ1n) is 4.17. The fourth-order valence-electron chi connectivity index (χ4n) is 1.24. The summed E-state index contributed by atoms with van der Waals surface area (Å²) in [7, 11) is 0. The highest BCUT2D eigenvalue weighted by atomic mass is 35.5. The van der Waals surface area contributed by atoms with Crippen LogP contribution in [-0.4, -0.2) is 11.7 Å². The maximum absolute atomic E-state index is 12.6. The SMILES string of the molecule is Fc1ccc(N2C=CN=C(Cl)C2)cc1. The molecule has 0 saturated heterocycles. The van der Waals surface area contributed by atoms with Gasteiger partial charge in [0.2, 0.25) is 0 Å². The second kappa shape index (κ2) is 3.80. The fourth-order valence-corrected chi connectivity index (χ4v) is 1.42. The highest BCUT2D eigenvalue weighted by molar-refractivity contribution is 6.66. The van der Waals surface area contributed by atoms with E-state index in [0.717, 1.165) is 5.69 Å². The van der Waals surface area contributed by atoms with Crippen molar-refractivity contribution in [3.05, 3.63) is 42.5 Å². The van der Waals surface area contributed by atoms with Gasteiger partial charge in [-0.25, -0.2) is 9.38 Å². The molecule has 0 N–H and O–H groups in total. The van der Waals surface area contributed by atoms with E-state index in [1.54, 1.807) is 24.5 Å². The van der Waals surface area contributed by atoms with Gasteiger partial charge in [-0.2, -0.15) is 0 Å². The number of nitrogens with zero attached hydrogens (tertiary/aromatic N) is 2. The van der Waals surface area contributed by atoms with Crippen molar-refractivity contribution >= 4 is 22.5 Å². The standard InChI is InChI=1S/C10H8ClFN2/c11-10-7-14(6-5-13-10)9-3-1-8(12)2-4-9/h1-6H,7H2. The Morgan fingerprint density at radius 3 is 2.64 bits per heavy atom. The number of rotatable bonds is 1. The van der Waals surface area contributed by atoms with Crippen LogP contribution >= 0.6 is 11.6 Å². The van der Waals surface area contributed by atoms with Crippen LogP contribution in [0.2, 0.25) is 0 Å². The first kappa shape index (κ1) is 9.21. The molecule has 1 heterocycles. The van der Waals surface area contributed by atoms with Crippen molar-refractivity contribution in [2.24, 2.45) is 4.99 Å². The molecule has 1 aliphatic rings. The van der Waals surface area contributed by atoms with Crippen LogP contribution in [0.4, 0.5) is 10.1 Å². The Labute approximate surface area is 86.3 Å². The van der Waals surface area contributed by atoms with Crippen LogP contribution in [0.5, 0.6) is 0 Å². The molecule has 0 amide bonds. The Kier molecular flexibility index (Phi) is 2.50. The lowest BCUT2D eigenvalue weighted by molar-refractivity contribution is 0.628. The van der Waals surface area contributed by atoms with Gasteiger partial charge >= 0.3 is 0 Å². The predicted molar refractivity (Wildman–Crippen MR) is 56.2 cm³/mol. The van der Waals surface area contributed by atoms with E-state index in [4.69, 9.17) is 11.6 Å². The number of hydrogen-bond acceptors (Lipinski definition) is 2. The Hall–Kier alpha value is -1.35. The molecule has 0 fully saturated rings. The molecule has 4 heteroatoms. The van der Waals surface area contributed by atoms with Crippen LogP contribution in [-0.2, 0) is 0 Å². The van der Waals surface area contributed by atoms with E-state index < -0.39 is 0 Å². The van der Waals surface area contributed by atoms with E-state index in [1.807, 2.05) is 4.90 Å². The maximum atomic E-state index is 12.6. The molecule has 2 nitrogen and oxygen atoms in total. The van der Waals surface area contributed by atoms with Gasteiger partial charge in [0, 0.05) is 18.1 Å². The van der Waals surface area contributed by atoms with E-state index in [0.29, 0.717) is 11.7 Å². The first-order valence-corrected chi connectivity index (χ1v) is 4.54. The number of anilines is 1. The summed E-state index contributed by atoms with van der Waals surface area (Å²) >= 11 is 5.78. The molecule has 0 bridgehead atoms. The highest BCUT2D eigenvalue weighted by Gasteiger charge is 2.08. The zero-order valence-electron chi connectivity index (χ0n) is 7.32. The summed E-state index contributed by atoms with van der Waals surface area (Å²) in [5.74, 6) is -0.241. The number of hydrogen-bond donors (Lipinski definition) is 0. The molecule has 2 rings (SSSR count). The van der Waals surface area contributed by atoms with E-state index in [-0.39, 0.29) is 5.82 Å². The van der Waals surface area contributed by atoms with Crippen LogP contribution in [0.1, 0.15) is 0 Å². The molecular weight excluding hydrogens is 203 g/mol. The van der Waals surface area contributed by atoms with Gasteiger partial charge in [-0.05, 0) is 24.3 Å². The van der Waals surface area contributed by atoms with E-state index in [2.05, 4.69) is 4.99 Å². The number of benzene rings is 1. The Balaban J connectivity index is 2.21. The van der Waals surface area contributed by atoms with Crippen molar-refractivity contribution < 1.29 is 4.39 Å². The molecule has 0 atom stereocenters. The summed E-state index contributed by atoms with van der Waals surface area (Å²) in [6.07, 6.45) is 3.42. The molecule has 0 spiro atoms. The average molecular weight is 211 g/mol. The zero-order chi connectivity index (χ0) is 9.97. The van der Waals surface area contributed by atoms with Gasteiger partial charge in [-0.1, -0.05) is 11.6 Å². The topological polar surface area (TPSA) is 15.6 Å². The maximum Gasteiger partial charge on any atom is 0.125 e. The van der Waals surface area contributed by atoms with Crippen molar-refractivity contribution in [2.45, 2.75) is 0 Å². The summed E-state index contributed by atoms with van der Waals surface area (Å²) in [6.45, 7) is 0.531. The fraction of sp³-hybridized carbons (Fsp3) is 0.100. The lowest BCUT2D eigenvalue weighted by atomic mass is 10.3. The van der Waals surface area contributed by atoms with Gasteiger partial charge in [0.1, 0.15) is 11.0 Å². The largest absolute Gasteiger partial charge is 0.339 e. The second-order valence-electron chi connectivity index (χ2n) is 2.91. The molecule has 1 aromatic carbocycles. The third-order valence-electron chi connectivity index (χ3n) is 1.92. The van der Waals surface area contributed by atoms with E-state index in [9.17, 15) is 4.39 Å². The van der Waals surface area contributed by atoms with Crippen LogP contribution in [0.25, 0.3) is 0 Å². The first-order chi connectivity index (χ1) is 6.75. The van der Waals surface area contributed by atoms with Crippen LogP contribution in [0, 0.1) is 5.82 Å². The summed E-state index contributed by atoms with van der Waals surface area (Å²) < 4.78 is 12.6. The minimum Gasteiger partial charge on any atom is -0.339 e. The molecule has 0 aliphatic carbocycles. The third kappa shape index (κ3) is 1.93.